The minimum Gasteiger partial charge on any atom is -0.349 e. The average molecular weight is 421 g/mol. The molecule has 1 saturated heterocycles. The normalized spacial score (nSPS) is 19.5. The van der Waals surface area contributed by atoms with Gasteiger partial charge in [-0.05, 0) is 42.2 Å². The highest BCUT2D eigenvalue weighted by Crippen LogP contribution is 2.28. The van der Waals surface area contributed by atoms with Gasteiger partial charge in [0.15, 0.2) is 0 Å². The van der Waals surface area contributed by atoms with Gasteiger partial charge in [-0.15, -0.1) is 11.3 Å². The monoisotopic (exact) mass is 420 g/mol. The van der Waals surface area contributed by atoms with E-state index >= 15 is 0 Å². The minimum absolute atomic E-state index is 0.0550. The van der Waals surface area contributed by atoms with E-state index in [1.54, 1.807) is 17.5 Å². The molecule has 2 atom stereocenters. The maximum Gasteiger partial charge on any atom is 0.252 e. The van der Waals surface area contributed by atoms with Crippen molar-refractivity contribution < 1.29 is 13.2 Å². The van der Waals surface area contributed by atoms with Gasteiger partial charge in [-0.1, -0.05) is 50.2 Å². The van der Waals surface area contributed by atoms with Gasteiger partial charge in [-0.3, -0.25) is 4.79 Å². The van der Waals surface area contributed by atoms with Crippen molar-refractivity contribution in [1.82, 2.24) is 9.62 Å². The van der Waals surface area contributed by atoms with E-state index in [9.17, 15) is 13.2 Å². The molecular formula is C21H28N2O3S2. The van der Waals surface area contributed by atoms with Gasteiger partial charge in [0.05, 0.1) is 12.0 Å². The number of carbonyl (C=O) groups is 1. The molecule has 1 amide bonds. The summed E-state index contributed by atoms with van der Waals surface area (Å²) in [5, 5.41) is 4.94. The van der Waals surface area contributed by atoms with E-state index in [1.165, 1.54) is 15.6 Å². The van der Waals surface area contributed by atoms with Crippen LogP contribution < -0.4 is 5.32 Å². The zero-order chi connectivity index (χ0) is 20.1. The zero-order valence-electron chi connectivity index (χ0n) is 16.4. The van der Waals surface area contributed by atoms with Gasteiger partial charge >= 0.3 is 0 Å². The Morgan fingerprint density at radius 1 is 1.21 bits per heavy atom. The Kier molecular flexibility index (Phi) is 6.91. The number of carbonyl (C=O) groups excluding carboxylic acids is 1. The third-order valence-electron chi connectivity index (χ3n) is 5.07. The van der Waals surface area contributed by atoms with Gasteiger partial charge in [-0.2, -0.15) is 4.31 Å². The van der Waals surface area contributed by atoms with Crippen molar-refractivity contribution in [2.24, 2.45) is 11.8 Å². The van der Waals surface area contributed by atoms with Gasteiger partial charge in [-0.25, -0.2) is 8.42 Å². The summed E-state index contributed by atoms with van der Waals surface area (Å²) in [7, 11) is -3.51. The quantitative estimate of drug-likeness (QED) is 0.735. The standard InChI is InChI=1S/C21H28N2O3S2/c1-16(2)14-19(17-8-4-3-5-9-17)22-21(24)18-10-6-12-23(15-18)28(25,26)20-11-7-13-27-20/h3-5,7-9,11,13,16,18-19H,6,10,12,14-15H2,1-2H3,(H,22,24)/t18-,19-/m0/s1. The Labute approximate surface area is 171 Å². The lowest BCUT2D eigenvalue weighted by Gasteiger charge is -2.32. The molecule has 0 bridgehead atoms. The molecule has 1 aliphatic rings. The van der Waals surface area contributed by atoms with Crippen molar-refractivity contribution >= 4 is 27.3 Å². The summed E-state index contributed by atoms with van der Waals surface area (Å²) < 4.78 is 27.4. The molecule has 1 N–H and O–H groups in total. The highest BCUT2D eigenvalue weighted by Gasteiger charge is 2.34. The Morgan fingerprint density at radius 3 is 2.61 bits per heavy atom. The average Bonchev–Trinajstić information content (AvgIpc) is 3.23. The Morgan fingerprint density at radius 2 is 1.96 bits per heavy atom. The smallest absolute Gasteiger partial charge is 0.252 e. The highest BCUT2D eigenvalue weighted by molar-refractivity contribution is 7.91. The largest absolute Gasteiger partial charge is 0.349 e. The molecule has 28 heavy (non-hydrogen) atoms. The first-order valence-corrected chi connectivity index (χ1v) is 12.1. The van der Waals surface area contributed by atoms with Crippen molar-refractivity contribution in [2.75, 3.05) is 13.1 Å². The predicted molar refractivity (Wildman–Crippen MR) is 113 cm³/mol. The summed E-state index contributed by atoms with van der Waals surface area (Å²) in [4.78, 5) is 13.0. The van der Waals surface area contributed by atoms with Crippen LogP contribution in [0.2, 0.25) is 0 Å². The molecule has 2 aromatic rings. The highest BCUT2D eigenvalue weighted by atomic mass is 32.2. The van der Waals surface area contributed by atoms with Crippen LogP contribution >= 0.6 is 11.3 Å². The van der Waals surface area contributed by atoms with Crippen LogP contribution in [0.25, 0.3) is 0 Å². The fraction of sp³-hybridized carbons (Fsp3) is 0.476. The molecule has 0 saturated carbocycles. The summed E-state index contributed by atoms with van der Waals surface area (Å²) in [6.45, 7) is 4.99. The van der Waals surface area contributed by atoms with Gasteiger partial charge in [0, 0.05) is 13.1 Å². The van der Waals surface area contributed by atoms with Gasteiger partial charge < -0.3 is 5.32 Å². The van der Waals surface area contributed by atoms with Crippen LogP contribution in [0.5, 0.6) is 0 Å². The Bertz CT molecular complexity index is 864. The number of nitrogens with one attached hydrogen (secondary N) is 1. The van der Waals surface area contributed by atoms with Crippen molar-refractivity contribution in [3.05, 3.63) is 53.4 Å². The van der Waals surface area contributed by atoms with Gasteiger partial charge in [0.1, 0.15) is 4.21 Å². The molecule has 152 valence electrons. The van der Waals surface area contributed by atoms with E-state index < -0.39 is 10.0 Å². The van der Waals surface area contributed by atoms with Crippen LogP contribution in [0.15, 0.2) is 52.1 Å². The first-order chi connectivity index (χ1) is 13.4. The maximum absolute atomic E-state index is 13.0. The van der Waals surface area contributed by atoms with Crippen LogP contribution in [0.4, 0.5) is 0 Å². The fourth-order valence-corrected chi connectivity index (χ4v) is 6.31. The molecule has 1 aromatic heterocycles. The second kappa shape index (κ2) is 9.20. The van der Waals surface area contributed by atoms with E-state index in [4.69, 9.17) is 0 Å². The number of piperidine rings is 1. The van der Waals surface area contributed by atoms with Crippen LogP contribution in [-0.4, -0.2) is 31.7 Å². The summed E-state index contributed by atoms with van der Waals surface area (Å²) in [6.07, 6.45) is 2.26. The molecule has 1 aliphatic heterocycles. The number of hydrogen-bond acceptors (Lipinski definition) is 4. The number of amides is 1. The van der Waals surface area contributed by atoms with Crippen molar-refractivity contribution in [3.8, 4) is 0 Å². The number of nitrogens with zero attached hydrogens (tertiary/aromatic N) is 1. The van der Waals surface area contributed by atoms with Gasteiger partial charge in [0.2, 0.25) is 5.91 Å². The maximum atomic E-state index is 13.0. The molecule has 7 heteroatoms. The number of benzene rings is 1. The Balaban J connectivity index is 1.70. The molecule has 3 rings (SSSR count). The second-order valence-corrected chi connectivity index (χ2v) is 10.8. The van der Waals surface area contributed by atoms with Crippen molar-refractivity contribution in [2.45, 2.75) is 43.4 Å². The van der Waals surface area contributed by atoms with E-state index in [1.807, 2.05) is 30.3 Å². The molecule has 0 spiro atoms. The van der Waals surface area contributed by atoms with Crippen LogP contribution in [-0.2, 0) is 14.8 Å². The van der Waals surface area contributed by atoms with Gasteiger partial charge in [0.25, 0.3) is 10.0 Å². The molecule has 1 aromatic carbocycles. The number of sulfonamides is 1. The van der Waals surface area contributed by atoms with E-state index in [0.717, 1.165) is 12.0 Å². The van der Waals surface area contributed by atoms with Crippen molar-refractivity contribution in [3.63, 3.8) is 0 Å². The summed E-state index contributed by atoms with van der Waals surface area (Å²) in [5.74, 6) is 0.0648. The summed E-state index contributed by atoms with van der Waals surface area (Å²) >= 11 is 1.22. The van der Waals surface area contributed by atoms with Crippen molar-refractivity contribution in [1.29, 1.82) is 0 Å². The van der Waals surface area contributed by atoms with E-state index in [-0.39, 0.29) is 24.4 Å². The fourth-order valence-electron chi connectivity index (χ4n) is 3.64. The first kappa shape index (κ1) is 21.0. The lowest BCUT2D eigenvalue weighted by atomic mass is 9.94. The molecular weight excluding hydrogens is 392 g/mol. The summed E-state index contributed by atoms with van der Waals surface area (Å²) in [5.41, 5.74) is 1.09. The third-order valence-corrected chi connectivity index (χ3v) is 8.31. The molecule has 0 unspecified atom stereocenters. The molecule has 5 nitrogen and oxygen atoms in total. The minimum atomic E-state index is -3.51. The topological polar surface area (TPSA) is 66.5 Å². The lowest BCUT2D eigenvalue weighted by molar-refractivity contribution is -0.127. The summed E-state index contributed by atoms with van der Waals surface area (Å²) in [6, 6.07) is 13.3. The van der Waals surface area contributed by atoms with E-state index in [2.05, 4.69) is 19.2 Å². The second-order valence-electron chi connectivity index (χ2n) is 7.74. The first-order valence-electron chi connectivity index (χ1n) is 9.77. The predicted octanol–water partition coefficient (Wildman–Crippen LogP) is 4.05. The molecule has 1 fully saturated rings. The van der Waals surface area contributed by atoms with Crippen LogP contribution in [0.3, 0.4) is 0 Å². The molecule has 0 aliphatic carbocycles. The van der Waals surface area contributed by atoms with Crippen LogP contribution in [0, 0.1) is 11.8 Å². The van der Waals surface area contributed by atoms with Crippen LogP contribution in [0.1, 0.15) is 44.7 Å². The number of hydrogen-bond donors (Lipinski definition) is 1. The molecule has 2 heterocycles. The van der Waals surface area contributed by atoms with E-state index in [0.29, 0.717) is 29.5 Å². The SMILES string of the molecule is CC(C)C[C@H](NC(=O)[C@H]1CCCN(S(=O)(=O)c2cccs2)C1)c1ccccc1. The molecule has 0 radical (unpaired) electrons. The number of thiophene rings is 1. The zero-order valence-corrected chi connectivity index (χ0v) is 18.0. The third kappa shape index (κ3) is 5.01. The number of rotatable bonds is 7. The lowest BCUT2D eigenvalue weighted by Crippen LogP contribution is -2.46. The Hall–Kier alpha value is -1.70.